The van der Waals surface area contributed by atoms with E-state index in [9.17, 15) is 9.90 Å². The molecule has 0 saturated carbocycles. The topological polar surface area (TPSA) is 80.0 Å². The summed E-state index contributed by atoms with van der Waals surface area (Å²) in [6.45, 7) is -0.121. The van der Waals surface area contributed by atoms with Crippen molar-refractivity contribution in [1.82, 2.24) is 20.1 Å². The first-order valence-corrected chi connectivity index (χ1v) is 13.8. The Kier molecular flexibility index (Phi) is 7.79. The molecule has 36 heavy (non-hydrogen) atoms. The molecule has 10 heteroatoms. The highest BCUT2D eigenvalue weighted by Crippen LogP contribution is 2.45. The zero-order valence-electron chi connectivity index (χ0n) is 19.0. The fourth-order valence-electron chi connectivity index (χ4n) is 3.98. The number of carbonyl (C=O) groups excluding carboxylic acids is 1. The highest BCUT2D eigenvalue weighted by molar-refractivity contribution is 8.04. The number of halogens is 2. The first kappa shape index (κ1) is 25.0. The lowest BCUT2D eigenvalue weighted by Crippen LogP contribution is -2.39. The third kappa shape index (κ3) is 5.53. The molecule has 2 atom stereocenters. The van der Waals surface area contributed by atoms with E-state index in [4.69, 9.17) is 28.3 Å². The van der Waals surface area contributed by atoms with Crippen molar-refractivity contribution >= 4 is 52.2 Å². The summed E-state index contributed by atoms with van der Waals surface area (Å²) in [7, 11) is 0. The number of hydrogen-bond donors (Lipinski definition) is 2. The van der Waals surface area contributed by atoms with Gasteiger partial charge in [-0.3, -0.25) is 9.78 Å². The zero-order chi connectivity index (χ0) is 25.1. The van der Waals surface area contributed by atoms with Crippen LogP contribution < -0.4 is 5.32 Å². The fraction of sp³-hybridized carbons (Fsp3) is 0.192. The van der Waals surface area contributed by atoms with Gasteiger partial charge in [0.05, 0.1) is 49.9 Å². The quantitative estimate of drug-likeness (QED) is 0.274. The van der Waals surface area contributed by atoms with Crippen molar-refractivity contribution in [2.45, 2.75) is 24.1 Å². The molecule has 1 aromatic carbocycles. The minimum absolute atomic E-state index is 0.0250. The maximum atomic E-state index is 13.0. The standard InChI is InChI=1S/C26H22Cl2N4O2S2/c27-20-6-5-18(12-21(20)28)32-23(13-22(31-32)16-3-1-9-29-14-16)24-7-8-25(36-24)26(34)30-17(15-33)11-19-4-2-10-35-19/h1-6,8-10,12-14,17,24,33H,7,11,15H2,(H,30,34)/t17-,24?/m0/s1. The summed E-state index contributed by atoms with van der Waals surface area (Å²) >= 11 is 15.6. The number of pyridine rings is 1. The summed E-state index contributed by atoms with van der Waals surface area (Å²) in [4.78, 5) is 19.0. The monoisotopic (exact) mass is 556 g/mol. The van der Waals surface area contributed by atoms with Gasteiger partial charge in [-0.25, -0.2) is 4.68 Å². The van der Waals surface area contributed by atoms with Gasteiger partial charge in [0, 0.05) is 29.3 Å². The van der Waals surface area contributed by atoms with E-state index >= 15 is 0 Å². The second kappa shape index (κ2) is 11.2. The van der Waals surface area contributed by atoms with Crippen LogP contribution in [0.2, 0.25) is 10.0 Å². The lowest BCUT2D eigenvalue weighted by Gasteiger charge is -2.17. The molecule has 0 bridgehead atoms. The van der Waals surface area contributed by atoms with Crippen molar-refractivity contribution in [2.24, 2.45) is 0 Å². The van der Waals surface area contributed by atoms with E-state index < -0.39 is 0 Å². The number of thioether (sulfide) groups is 1. The van der Waals surface area contributed by atoms with Crippen LogP contribution in [0, 0.1) is 0 Å². The molecule has 3 aromatic heterocycles. The molecule has 0 aliphatic carbocycles. The largest absolute Gasteiger partial charge is 0.394 e. The lowest BCUT2D eigenvalue weighted by atomic mass is 10.1. The van der Waals surface area contributed by atoms with E-state index in [1.807, 2.05) is 52.5 Å². The Morgan fingerprint density at radius 3 is 2.81 bits per heavy atom. The van der Waals surface area contributed by atoms with Gasteiger partial charge in [0.15, 0.2) is 0 Å². The van der Waals surface area contributed by atoms with Crippen molar-refractivity contribution in [2.75, 3.05) is 6.61 Å². The molecule has 1 unspecified atom stereocenters. The Balaban J connectivity index is 1.38. The SMILES string of the molecule is O=C(N[C@H](CO)Cc1cccs1)C1=CCC(c2cc(-c3cccnc3)nn2-c2ccc(Cl)c(Cl)c2)S1. The van der Waals surface area contributed by atoms with Crippen molar-refractivity contribution in [3.63, 3.8) is 0 Å². The Labute approximate surface area is 227 Å². The number of aliphatic hydroxyl groups is 1. The molecule has 1 amide bonds. The number of carbonyl (C=O) groups is 1. The normalized spacial score (nSPS) is 16.1. The highest BCUT2D eigenvalue weighted by Gasteiger charge is 2.29. The van der Waals surface area contributed by atoms with E-state index in [1.54, 1.807) is 35.9 Å². The Hall–Kier alpha value is -2.62. The molecular formula is C26H22Cl2N4O2S2. The predicted molar refractivity (Wildman–Crippen MR) is 147 cm³/mol. The van der Waals surface area contributed by atoms with Gasteiger partial charge in [-0.1, -0.05) is 35.3 Å². The number of nitrogens with zero attached hydrogens (tertiary/aromatic N) is 3. The van der Waals surface area contributed by atoms with E-state index in [1.165, 1.54) is 11.8 Å². The number of thiophene rings is 1. The molecule has 0 fully saturated rings. The number of nitrogens with one attached hydrogen (secondary N) is 1. The van der Waals surface area contributed by atoms with Crippen LogP contribution in [0.4, 0.5) is 0 Å². The number of hydrogen-bond acceptors (Lipinski definition) is 6. The van der Waals surface area contributed by atoms with Crippen LogP contribution >= 0.6 is 46.3 Å². The van der Waals surface area contributed by atoms with Crippen LogP contribution in [-0.2, 0) is 11.2 Å². The molecule has 2 N–H and O–H groups in total. The molecule has 0 radical (unpaired) electrons. The van der Waals surface area contributed by atoms with Gasteiger partial charge in [0.2, 0.25) is 0 Å². The van der Waals surface area contributed by atoms with E-state index in [2.05, 4.69) is 10.3 Å². The second-order valence-corrected chi connectivity index (χ2v) is 11.3. The molecule has 4 aromatic rings. The van der Waals surface area contributed by atoms with Crippen LogP contribution in [0.3, 0.4) is 0 Å². The van der Waals surface area contributed by atoms with Gasteiger partial charge in [-0.15, -0.1) is 23.1 Å². The fourth-order valence-corrected chi connectivity index (χ4v) is 6.21. The summed E-state index contributed by atoms with van der Waals surface area (Å²) in [5.74, 6) is -0.175. The third-order valence-electron chi connectivity index (χ3n) is 5.77. The maximum absolute atomic E-state index is 13.0. The number of benzene rings is 1. The second-order valence-electron chi connectivity index (χ2n) is 8.25. The van der Waals surface area contributed by atoms with Crippen LogP contribution in [0.25, 0.3) is 16.9 Å². The van der Waals surface area contributed by atoms with Crippen molar-refractivity contribution in [3.05, 3.63) is 97.9 Å². The molecule has 4 heterocycles. The summed E-state index contributed by atoms with van der Waals surface area (Å²) in [5, 5.41) is 20.5. The van der Waals surface area contributed by atoms with Gasteiger partial charge in [-0.05, 0) is 54.3 Å². The molecule has 5 rings (SSSR count). The molecule has 0 saturated heterocycles. The van der Waals surface area contributed by atoms with Crippen LogP contribution in [0.15, 0.2) is 77.3 Å². The van der Waals surface area contributed by atoms with E-state index in [0.717, 1.165) is 27.5 Å². The van der Waals surface area contributed by atoms with Crippen LogP contribution in [0.1, 0.15) is 22.2 Å². The number of aliphatic hydroxyl groups excluding tert-OH is 1. The summed E-state index contributed by atoms with van der Waals surface area (Å²) in [6, 6.07) is 14.9. The molecule has 6 nitrogen and oxygen atoms in total. The van der Waals surface area contributed by atoms with Crippen LogP contribution in [-0.4, -0.2) is 38.4 Å². The van der Waals surface area contributed by atoms with Crippen LogP contribution in [0.5, 0.6) is 0 Å². The van der Waals surface area contributed by atoms with Gasteiger partial charge in [0.1, 0.15) is 0 Å². The Bertz CT molecular complexity index is 1390. The van der Waals surface area contributed by atoms with Crippen molar-refractivity contribution in [1.29, 1.82) is 0 Å². The average molecular weight is 558 g/mol. The summed E-state index contributed by atoms with van der Waals surface area (Å²) in [6.07, 6.45) is 6.70. The van der Waals surface area contributed by atoms with Crippen molar-refractivity contribution < 1.29 is 9.90 Å². The predicted octanol–water partition coefficient (Wildman–Crippen LogP) is 6.08. The van der Waals surface area contributed by atoms with E-state index in [0.29, 0.717) is 27.8 Å². The summed E-state index contributed by atoms with van der Waals surface area (Å²) < 4.78 is 1.85. The average Bonchev–Trinajstić information content (AvgIpc) is 3.66. The van der Waals surface area contributed by atoms with Gasteiger partial charge < -0.3 is 10.4 Å². The maximum Gasteiger partial charge on any atom is 0.257 e. The molecule has 1 aliphatic rings. The molecule has 184 valence electrons. The first-order valence-electron chi connectivity index (χ1n) is 11.3. The van der Waals surface area contributed by atoms with E-state index in [-0.39, 0.29) is 23.8 Å². The summed E-state index contributed by atoms with van der Waals surface area (Å²) in [5.41, 5.74) is 3.39. The third-order valence-corrected chi connectivity index (χ3v) is 8.73. The molecule has 1 aliphatic heterocycles. The lowest BCUT2D eigenvalue weighted by molar-refractivity contribution is -0.117. The molecular weight excluding hydrogens is 535 g/mol. The van der Waals surface area contributed by atoms with Gasteiger partial charge >= 0.3 is 0 Å². The highest BCUT2D eigenvalue weighted by atomic mass is 35.5. The number of aromatic nitrogens is 3. The van der Waals surface area contributed by atoms with Gasteiger partial charge in [-0.2, -0.15) is 5.10 Å². The van der Waals surface area contributed by atoms with Crippen molar-refractivity contribution in [3.8, 4) is 16.9 Å². The Morgan fingerprint density at radius 1 is 1.19 bits per heavy atom. The number of amides is 1. The van der Waals surface area contributed by atoms with Gasteiger partial charge in [0.25, 0.3) is 5.91 Å². The Morgan fingerprint density at radius 2 is 2.08 bits per heavy atom. The smallest absolute Gasteiger partial charge is 0.257 e. The number of rotatable bonds is 8. The first-order chi connectivity index (χ1) is 17.5. The number of allylic oxidation sites excluding steroid dienone is 1. The zero-order valence-corrected chi connectivity index (χ0v) is 22.1. The minimum atomic E-state index is -0.337. The molecule has 0 spiro atoms. The minimum Gasteiger partial charge on any atom is -0.394 e.